The van der Waals surface area contributed by atoms with Gasteiger partial charge in [0, 0.05) is 30.6 Å². The van der Waals surface area contributed by atoms with Crippen LogP contribution >= 0.6 is 0 Å². The number of nitrogens with one attached hydrogen (secondary N) is 1. The molecule has 3 aromatic rings. The molecule has 3 rings (SSSR count). The van der Waals surface area contributed by atoms with Gasteiger partial charge in [-0.25, -0.2) is 13.1 Å². The third-order valence-corrected chi connectivity index (χ3v) is 6.14. The molecule has 0 unspecified atom stereocenters. The van der Waals surface area contributed by atoms with E-state index in [-0.39, 0.29) is 0 Å². The van der Waals surface area contributed by atoms with Gasteiger partial charge in [-0.15, -0.1) is 0 Å². The first-order valence-corrected chi connectivity index (χ1v) is 11.1. The average molecular weight is 395 g/mol. The van der Waals surface area contributed by atoms with E-state index in [1.807, 2.05) is 35.9 Å². The first-order valence-electron chi connectivity index (χ1n) is 9.65. The monoisotopic (exact) mass is 394 g/mol. The molecule has 0 aliphatic carbocycles. The lowest BCUT2D eigenvalue weighted by Crippen LogP contribution is -2.25. The summed E-state index contributed by atoms with van der Waals surface area (Å²) in [6, 6.07) is 18.2. The van der Waals surface area contributed by atoms with Gasteiger partial charge in [-0.2, -0.15) is 0 Å². The Hall–Kier alpha value is -2.55. The topological polar surface area (TPSA) is 51.1 Å². The maximum absolute atomic E-state index is 12.5. The van der Waals surface area contributed by atoms with Gasteiger partial charge < -0.3 is 0 Å². The summed E-state index contributed by atoms with van der Waals surface area (Å²) in [7, 11) is -3.50. The van der Waals surface area contributed by atoms with Crippen molar-refractivity contribution in [3.63, 3.8) is 0 Å². The highest BCUT2D eigenvalue weighted by Gasteiger charge is 2.14. The maximum Gasteiger partial charge on any atom is 0.240 e. The summed E-state index contributed by atoms with van der Waals surface area (Å²) < 4.78 is 29.6. The lowest BCUT2D eigenvalue weighted by atomic mass is 10.1. The number of aryl methyl sites for hydroxylation is 1. The van der Waals surface area contributed by atoms with Crippen LogP contribution in [-0.4, -0.2) is 19.5 Å². The molecule has 1 N–H and O–H groups in total. The first-order chi connectivity index (χ1) is 13.5. The molecule has 0 saturated carbocycles. The Bertz CT molecular complexity index is 1100. The van der Waals surface area contributed by atoms with Crippen molar-refractivity contribution in [3.05, 3.63) is 65.9 Å². The molecule has 1 aromatic heterocycles. The lowest BCUT2D eigenvalue weighted by Gasteiger charge is -2.06. The molecule has 0 atom stereocenters. The van der Waals surface area contributed by atoms with E-state index in [1.54, 1.807) is 24.3 Å². The van der Waals surface area contributed by atoms with Crippen molar-refractivity contribution < 1.29 is 8.42 Å². The molecule has 28 heavy (non-hydrogen) atoms. The fourth-order valence-corrected chi connectivity index (χ4v) is 4.10. The van der Waals surface area contributed by atoms with E-state index in [4.69, 9.17) is 0 Å². The molecule has 0 fully saturated rings. The van der Waals surface area contributed by atoms with Crippen LogP contribution in [0.3, 0.4) is 0 Å². The molecule has 0 bridgehead atoms. The molecule has 0 saturated heterocycles. The minimum atomic E-state index is -3.50. The second-order valence-electron chi connectivity index (χ2n) is 6.89. The summed E-state index contributed by atoms with van der Waals surface area (Å²) in [6.45, 7) is 4.43. The number of aromatic nitrogens is 1. The van der Waals surface area contributed by atoms with Gasteiger partial charge in [-0.3, -0.25) is 4.57 Å². The van der Waals surface area contributed by atoms with Gasteiger partial charge in [0.1, 0.15) is 0 Å². The minimum absolute atomic E-state index is 0.294. The van der Waals surface area contributed by atoms with E-state index in [2.05, 4.69) is 29.7 Å². The Morgan fingerprint density at radius 3 is 2.57 bits per heavy atom. The Balaban J connectivity index is 1.73. The van der Waals surface area contributed by atoms with E-state index >= 15 is 0 Å². The van der Waals surface area contributed by atoms with Crippen molar-refractivity contribution in [2.24, 2.45) is 0 Å². The summed E-state index contributed by atoms with van der Waals surface area (Å²) in [5.41, 5.74) is 3.18. The number of rotatable bonds is 7. The van der Waals surface area contributed by atoms with Gasteiger partial charge in [0.05, 0.1) is 10.4 Å². The van der Waals surface area contributed by atoms with Crippen LogP contribution in [0.1, 0.15) is 37.3 Å². The predicted molar refractivity (Wildman–Crippen MR) is 115 cm³/mol. The van der Waals surface area contributed by atoms with E-state index < -0.39 is 10.0 Å². The summed E-state index contributed by atoms with van der Waals surface area (Å²) in [6.07, 6.45) is 5.74. The molecule has 0 aliphatic heterocycles. The van der Waals surface area contributed by atoms with Gasteiger partial charge >= 0.3 is 0 Å². The van der Waals surface area contributed by atoms with Crippen LogP contribution in [0.2, 0.25) is 0 Å². The molecule has 0 amide bonds. The second-order valence-corrected chi connectivity index (χ2v) is 8.66. The Morgan fingerprint density at radius 1 is 1.07 bits per heavy atom. The van der Waals surface area contributed by atoms with Crippen LogP contribution in [0.15, 0.2) is 59.6 Å². The molecular weight excluding hydrogens is 368 g/mol. The lowest BCUT2D eigenvalue weighted by molar-refractivity contribution is 0.581. The van der Waals surface area contributed by atoms with Crippen molar-refractivity contribution in [2.45, 2.75) is 44.4 Å². The third kappa shape index (κ3) is 4.83. The smallest absolute Gasteiger partial charge is 0.240 e. The van der Waals surface area contributed by atoms with Crippen LogP contribution in [0.4, 0.5) is 0 Å². The molecule has 4 nitrogen and oxygen atoms in total. The Kier molecular flexibility index (Phi) is 6.56. The molecule has 0 radical (unpaired) electrons. The highest BCUT2D eigenvalue weighted by Crippen LogP contribution is 2.21. The Morgan fingerprint density at radius 2 is 1.82 bits per heavy atom. The van der Waals surface area contributed by atoms with E-state index in [9.17, 15) is 8.42 Å². The molecule has 5 heteroatoms. The third-order valence-electron chi connectivity index (χ3n) is 4.67. The number of para-hydroxylation sites is 1. The largest absolute Gasteiger partial charge is 0.276 e. The standard InChI is InChI=1S/C23H26N2O2S/c1-3-4-5-8-17-25-18-20(22-9-6-7-10-23(22)25)15-16-24-28(26,27)21-13-11-19(2)12-14-21/h6-7,9-14,18,24H,3-5,15-16H2,1-2H3. The van der Waals surface area contributed by atoms with Gasteiger partial charge in [0.15, 0.2) is 0 Å². The van der Waals surface area contributed by atoms with Crippen molar-refractivity contribution in [2.75, 3.05) is 6.54 Å². The van der Waals surface area contributed by atoms with Gasteiger partial charge in [-0.05, 0) is 43.5 Å². The summed E-state index contributed by atoms with van der Waals surface area (Å²) in [5, 5.41) is 1.11. The Labute approximate surface area is 167 Å². The zero-order valence-electron chi connectivity index (χ0n) is 16.4. The van der Waals surface area contributed by atoms with Crippen LogP contribution in [0.25, 0.3) is 10.9 Å². The van der Waals surface area contributed by atoms with Gasteiger partial charge in [-0.1, -0.05) is 55.2 Å². The zero-order chi connectivity index (χ0) is 20.0. The number of fused-ring (bicyclic) bond motifs is 1. The number of sulfonamides is 1. The van der Waals surface area contributed by atoms with E-state index in [1.165, 1.54) is 0 Å². The fraction of sp³-hybridized carbons (Fsp3) is 0.304. The molecule has 2 aromatic carbocycles. The molecule has 0 spiro atoms. The quantitative estimate of drug-likeness (QED) is 0.475. The van der Waals surface area contributed by atoms with Crippen molar-refractivity contribution in [1.29, 1.82) is 0 Å². The SMILES string of the molecule is CCCCC#Cn1cc(CCNS(=O)(=O)c2ccc(C)cc2)c2ccccc21. The number of hydrogen-bond donors (Lipinski definition) is 1. The molecule has 0 aliphatic rings. The predicted octanol–water partition coefficient (Wildman–Crippen LogP) is 4.47. The zero-order valence-corrected chi connectivity index (χ0v) is 17.2. The second kappa shape index (κ2) is 9.09. The average Bonchev–Trinajstić information content (AvgIpc) is 3.03. The van der Waals surface area contributed by atoms with Crippen LogP contribution in [0, 0.1) is 18.9 Å². The summed E-state index contributed by atoms with van der Waals surface area (Å²) in [5.74, 6) is 3.22. The van der Waals surface area contributed by atoms with Gasteiger partial charge in [0.2, 0.25) is 10.0 Å². The molecular formula is C23H26N2O2S. The van der Waals surface area contributed by atoms with Crippen LogP contribution in [0.5, 0.6) is 0 Å². The van der Waals surface area contributed by atoms with E-state index in [0.717, 1.165) is 41.3 Å². The summed E-state index contributed by atoms with van der Waals surface area (Å²) >= 11 is 0. The highest BCUT2D eigenvalue weighted by atomic mass is 32.2. The van der Waals surface area contributed by atoms with Crippen molar-refractivity contribution >= 4 is 20.9 Å². The van der Waals surface area contributed by atoms with Crippen LogP contribution < -0.4 is 4.72 Å². The maximum atomic E-state index is 12.5. The van der Waals surface area contributed by atoms with Crippen LogP contribution in [-0.2, 0) is 16.4 Å². The van der Waals surface area contributed by atoms with Crippen molar-refractivity contribution in [3.8, 4) is 12.0 Å². The summed E-state index contributed by atoms with van der Waals surface area (Å²) in [4.78, 5) is 0.294. The van der Waals surface area contributed by atoms with E-state index in [0.29, 0.717) is 17.9 Å². The molecule has 146 valence electrons. The minimum Gasteiger partial charge on any atom is -0.276 e. The number of hydrogen-bond acceptors (Lipinski definition) is 2. The number of benzene rings is 2. The number of nitrogens with zero attached hydrogens (tertiary/aromatic N) is 1. The normalized spacial score (nSPS) is 11.4. The van der Waals surface area contributed by atoms with Gasteiger partial charge in [0.25, 0.3) is 0 Å². The number of unbranched alkanes of at least 4 members (excludes halogenated alkanes) is 2. The fourth-order valence-electron chi connectivity index (χ4n) is 3.07. The van der Waals surface area contributed by atoms with Crippen molar-refractivity contribution in [1.82, 2.24) is 9.29 Å². The highest BCUT2D eigenvalue weighted by molar-refractivity contribution is 7.89. The molecule has 1 heterocycles. The first kappa shape index (κ1) is 20.2.